The van der Waals surface area contributed by atoms with Gasteiger partial charge in [0.1, 0.15) is 5.78 Å². The minimum Gasteiger partial charge on any atom is -0.346 e. The van der Waals surface area contributed by atoms with Gasteiger partial charge in [0.25, 0.3) is 5.91 Å². The molecule has 1 aromatic carbocycles. The fourth-order valence-electron chi connectivity index (χ4n) is 3.11. The quantitative estimate of drug-likeness (QED) is 0.904. The number of rotatable bonds is 3. The molecule has 0 heterocycles. The van der Waals surface area contributed by atoms with Crippen molar-refractivity contribution in [3.8, 4) is 0 Å². The molecule has 1 amide bonds. The number of amides is 1. The van der Waals surface area contributed by atoms with Crippen molar-refractivity contribution in [3.05, 3.63) is 35.4 Å². The number of benzene rings is 1. The first-order chi connectivity index (χ1) is 9.11. The third kappa shape index (κ3) is 2.07. The zero-order valence-corrected chi connectivity index (χ0v) is 11.2. The molecule has 3 nitrogen and oxygen atoms in total. The van der Waals surface area contributed by atoms with Crippen molar-refractivity contribution >= 4 is 11.7 Å². The molecule has 0 aromatic heterocycles. The van der Waals surface area contributed by atoms with Gasteiger partial charge < -0.3 is 5.32 Å². The lowest BCUT2D eigenvalue weighted by molar-refractivity contribution is -0.135. The average Bonchev–Trinajstić information content (AvgIpc) is 2.34. The average molecular weight is 257 g/mol. The number of hydrogen-bond donors (Lipinski definition) is 1. The van der Waals surface area contributed by atoms with Crippen LogP contribution in [0.2, 0.25) is 0 Å². The maximum absolute atomic E-state index is 12.3. The zero-order chi connectivity index (χ0) is 13.5. The molecule has 1 atom stereocenters. The summed E-state index contributed by atoms with van der Waals surface area (Å²) < 4.78 is 0. The smallest absolute Gasteiger partial charge is 0.251 e. The SMILES string of the molecule is Cc1ccc(C(=O)NC2(C3CCC3=O)CCC2)cc1. The van der Waals surface area contributed by atoms with Gasteiger partial charge in [-0.05, 0) is 44.7 Å². The molecule has 2 saturated carbocycles. The molecule has 2 aliphatic rings. The molecule has 1 aromatic rings. The van der Waals surface area contributed by atoms with Crippen LogP contribution in [0.3, 0.4) is 0 Å². The van der Waals surface area contributed by atoms with Crippen LogP contribution in [-0.2, 0) is 4.79 Å². The monoisotopic (exact) mass is 257 g/mol. The van der Waals surface area contributed by atoms with Gasteiger partial charge in [-0.1, -0.05) is 17.7 Å². The predicted molar refractivity (Wildman–Crippen MR) is 73.0 cm³/mol. The second-order valence-corrected chi connectivity index (χ2v) is 5.89. The molecule has 0 saturated heterocycles. The lowest BCUT2D eigenvalue weighted by Gasteiger charge is -2.50. The van der Waals surface area contributed by atoms with Crippen LogP contribution in [0.4, 0.5) is 0 Å². The first-order valence-corrected chi connectivity index (χ1v) is 7.03. The Bertz CT molecular complexity index is 514. The van der Waals surface area contributed by atoms with Crippen LogP contribution in [0.25, 0.3) is 0 Å². The Morgan fingerprint density at radius 3 is 2.37 bits per heavy atom. The molecule has 0 spiro atoms. The van der Waals surface area contributed by atoms with Crippen molar-refractivity contribution in [3.63, 3.8) is 0 Å². The molecule has 1 unspecified atom stereocenters. The minimum atomic E-state index is -0.239. The van der Waals surface area contributed by atoms with E-state index in [0.717, 1.165) is 31.2 Å². The van der Waals surface area contributed by atoms with Gasteiger partial charge in [0.2, 0.25) is 0 Å². The molecular formula is C16H19NO2. The fraction of sp³-hybridized carbons (Fsp3) is 0.500. The molecule has 2 aliphatic carbocycles. The van der Waals surface area contributed by atoms with Gasteiger partial charge >= 0.3 is 0 Å². The van der Waals surface area contributed by atoms with Crippen molar-refractivity contribution < 1.29 is 9.59 Å². The molecule has 0 bridgehead atoms. The Morgan fingerprint density at radius 1 is 1.26 bits per heavy atom. The summed E-state index contributed by atoms with van der Waals surface area (Å²) in [5, 5.41) is 3.14. The number of Topliss-reactive ketones (excluding diaryl/α,β-unsaturated/α-hetero) is 1. The van der Waals surface area contributed by atoms with Crippen LogP contribution in [0.15, 0.2) is 24.3 Å². The van der Waals surface area contributed by atoms with E-state index in [2.05, 4.69) is 5.32 Å². The summed E-state index contributed by atoms with van der Waals surface area (Å²) in [5.41, 5.74) is 1.59. The molecule has 0 radical (unpaired) electrons. The third-order valence-corrected chi connectivity index (χ3v) is 4.66. The highest BCUT2D eigenvalue weighted by molar-refractivity contribution is 5.96. The number of carbonyl (C=O) groups is 2. The highest BCUT2D eigenvalue weighted by Crippen LogP contribution is 2.45. The van der Waals surface area contributed by atoms with Crippen molar-refractivity contribution in [2.45, 2.75) is 44.6 Å². The van der Waals surface area contributed by atoms with Crippen molar-refractivity contribution in [2.75, 3.05) is 0 Å². The van der Waals surface area contributed by atoms with Crippen molar-refractivity contribution in [2.24, 2.45) is 5.92 Å². The molecule has 0 aliphatic heterocycles. The van der Waals surface area contributed by atoms with Gasteiger partial charge in [0.15, 0.2) is 0 Å². The summed E-state index contributed by atoms with van der Waals surface area (Å²) in [7, 11) is 0. The maximum atomic E-state index is 12.3. The van der Waals surface area contributed by atoms with E-state index in [1.807, 2.05) is 31.2 Å². The molecule has 2 fully saturated rings. The first kappa shape index (κ1) is 12.4. The van der Waals surface area contributed by atoms with Crippen LogP contribution in [-0.4, -0.2) is 17.2 Å². The van der Waals surface area contributed by atoms with Crippen molar-refractivity contribution in [1.29, 1.82) is 0 Å². The Labute approximate surface area is 113 Å². The van der Waals surface area contributed by atoms with Crippen LogP contribution in [0.1, 0.15) is 48.0 Å². The van der Waals surface area contributed by atoms with Gasteiger partial charge in [-0.25, -0.2) is 0 Å². The Balaban J connectivity index is 1.74. The number of aryl methyl sites for hydroxylation is 1. The normalized spacial score (nSPS) is 24.3. The van der Waals surface area contributed by atoms with E-state index in [1.54, 1.807) is 0 Å². The zero-order valence-electron chi connectivity index (χ0n) is 11.2. The van der Waals surface area contributed by atoms with Gasteiger partial charge in [-0.3, -0.25) is 9.59 Å². The van der Waals surface area contributed by atoms with E-state index in [4.69, 9.17) is 0 Å². The second kappa shape index (κ2) is 4.48. The second-order valence-electron chi connectivity index (χ2n) is 5.89. The van der Waals surface area contributed by atoms with Gasteiger partial charge in [-0.2, -0.15) is 0 Å². The summed E-state index contributed by atoms with van der Waals surface area (Å²) in [6.45, 7) is 2.00. The number of hydrogen-bond acceptors (Lipinski definition) is 2. The van der Waals surface area contributed by atoms with Crippen LogP contribution in [0, 0.1) is 12.8 Å². The molecular weight excluding hydrogens is 238 g/mol. The van der Waals surface area contributed by atoms with Crippen LogP contribution >= 0.6 is 0 Å². The van der Waals surface area contributed by atoms with Gasteiger partial charge in [0, 0.05) is 17.9 Å². The number of carbonyl (C=O) groups excluding carboxylic acids is 2. The largest absolute Gasteiger partial charge is 0.346 e. The summed E-state index contributed by atoms with van der Waals surface area (Å²) in [5.74, 6) is 0.346. The predicted octanol–water partition coefficient (Wildman–Crippen LogP) is 2.63. The van der Waals surface area contributed by atoms with E-state index in [0.29, 0.717) is 17.8 Å². The summed E-state index contributed by atoms with van der Waals surface area (Å²) >= 11 is 0. The van der Waals surface area contributed by atoms with E-state index in [1.165, 1.54) is 0 Å². The molecule has 100 valence electrons. The molecule has 19 heavy (non-hydrogen) atoms. The molecule has 1 N–H and O–H groups in total. The van der Waals surface area contributed by atoms with Crippen LogP contribution in [0.5, 0.6) is 0 Å². The van der Waals surface area contributed by atoms with E-state index >= 15 is 0 Å². The highest BCUT2D eigenvalue weighted by atomic mass is 16.2. The standard InChI is InChI=1S/C16H19NO2/c1-11-3-5-12(6-4-11)15(19)17-16(9-2-10-16)13-7-8-14(13)18/h3-6,13H,2,7-10H2,1H3,(H,17,19). The van der Waals surface area contributed by atoms with Gasteiger partial charge in [0.05, 0.1) is 5.54 Å². The number of nitrogens with one attached hydrogen (secondary N) is 1. The summed E-state index contributed by atoms with van der Waals surface area (Å²) in [4.78, 5) is 24.0. The summed E-state index contributed by atoms with van der Waals surface area (Å²) in [6, 6.07) is 7.58. The summed E-state index contributed by atoms with van der Waals surface area (Å²) in [6.07, 6.45) is 4.62. The number of ketones is 1. The first-order valence-electron chi connectivity index (χ1n) is 7.03. The topological polar surface area (TPSA) is 46.2 Å². The van der Waals surface area contributed by atoms with E-state index < -0.39 is 0 Å². The lowest BCUT2D eigenvalue weighted by Crippen LogP contribution is -2.62. The Morgan fingerprint density at radius 2 is 1.95 bits per heavy atom. The Hall–Kier alpha value is -1.64. The molecule has 3 heteroatoms. The maximum Gasteiger partial charge on any atom is 0.251 e. The van der Waals surface area contributed by atoms with Crippen LogP contribution < -0.4 is 5.32 Å². The van der Waals surface area contributed by atoms with E-state index in [9.17, 15) is 9.59 Å². The fourth-order valence-corrected chi connectivity index (χ4v) is 3.11. The Kier molecular flexibility index (Phi) is 2.92. The van der Waals surface area contributed by atoms with Gasteiger partial charge in [-0.15, -0.1) is 0 Å². The third-order valence-electron chi connectivity index (χ3n) is 4.66. The highest BCUT2D eigenvalue weighted by Gasteiger charge is 2.51. The van der Waals surface area contributed by atoms with E-state index in [-0.39, 0.29) is 17.4 Å². The minimum absolute atomic E-state index is 0.0422. The van der Waals surface area contributed by atoms with Crippen molar-refractivity contribution in [1.82, 2.24) is 5.32 Å². The lowest BCUT2D eigenvalue weighted by atomic mass is 9.60. The molecule has 3 rings (SSSR count).